The zero-order valence-electron chi connectivity index (χ0n) is 9.95. The zero-order valence-corrected chi connectivity index (χ0v) is 9.95. The highest BCUT2D eigenvalue weighted by atomic mass is 16.5. The predicted octanol–water partition coefficient (Wildman–Crippen LogP) is 1.30. The van der Waals surface area contributed by atoms with Crippen molar-refractivity contribution in [3.8, 4) is 0 Å². The van der Waals surface area contributed by atoms with Crippen LogP contribution < -0.4 is 5.73 Å². The van der Waals surface area contributed by atoms with Crippen LogP contribution >= 0.6 is 0 Å². The number of carbonyl (C=O) groups excluding carboxylic acids is 2. The number of Topliss-reactive ketones (excluding diaryl/α,β-unsaturated/α-hetero) is 1. The lowest BCUT2D eigenvalue weighted by atomic mass is 10.1. The first-order chi connectivity index (χ1) is 6.99. The number of hydrogen-bond acceptors (Lipinski definition) is 4. The molecular weight excluding hydrogens is 194 g/mol. The Morgan fingerprint density at radius 3 is 2.20 bits per heavy atom. The van der Waals surface area contributed by atoms with Crippen LogP contribution in [0.3, 0.4) is 0 Å². The Kier molecular flexibility index (Phi) is 11.8. The minimum atomic E-state index is -0.176. The van der Waals surface area contributed by atoms with Crippen molar-refractivity contribution in [2.75, 3.05) is 13.7 Å². The number of hydrogen-bond donors (Lipinski definition) is 1. The van der Waals surface area contributed by atoms with E-state index in [4.69, 9.17) is 5.73 Å². The van der Waals surface area contributed by atoms with E-state index in [1.54, 1.807) is 0 Å². The fraction of sp³-hybridized carbons (Fsp3) is 0.636. The molecule has 0 amide bonds. The van der Waals surface area contributed by atoms with Crippen LogP contribution in [0.4, 0.5) is 0 Å². The molecule has 0 spiro atoms. The summed E-state index contributed by atoms with van der Waals surface area (Å²) in [5.74, 6) is -0.250. The molecule has 0 aromatic heterocycles. The summed E-state index contributed by atoms with van der Waals surface area (Å²) in [6.45, 7) is 5.47. The Hall–Kier alpha value is -1.16. The fourth-order valence-electron chi connectivity index (χ4n) is 0.605. The van der Waals surface area contributed by atoms with Gasteiger partial charge in [0.05, 0.1) is 19.6 Å². The van der Waals surface area contributed by atoms with E-state index in [2.05, 4.69) is 4.74 Å². The van der Waals surface area contributed by atoms with Crippen molar-refractivity contribution in [3.05, 3.63) is 12.2 Å². The molecule has 0 saturated carbocycles. The topological polar surface area (TPSA) is 69.4 Å². The highest BCUT2D eigenvalue weighted by molar-refractivity contribution is 5.77. The molecule has 0 saturated heterocycles. The largest absolute Gasteiger partial charge is 0.469 e. The van der Waals surface area contributed by atoms with E-state index in [1.807, 2.05) is 26.0 Å². The number of ketones is 1. The van der Waals surface area contributed by atoms with Crippen LogP contribution in [0.25, 0.3) is 0 Å². The number of rotatable bonds is 4. The SMILES string of the molecule is CC(=O)CN.CC/C=C\C(C)C(=O)OC. The number of nitrogens with two attached hydrogens (primary N) is 1. The van der Waals surface area contributed by atoms with Gasteiger partial charge in [0, 0.05) is 0 Å². The van der Waals surface area contributed by atoms with Crippen molar-refractivity contribution in [1.29, 1.82) is 0 Å². The maximum Gasteiger partial charge on any atom is 0.312 e. The van der Waals surface area contributed by atoms with Crippen molar-refractivity contribution in [1.82, 2.24) is 0 Å². The van der Waals surface area contributed by atoms with Gasteiger partial charge in [-0.05, 0) is 20.3 Å². The molecule has 0 aliphatic carbocycles. The second kappa shape index (κ2) is 10.9. The first-order valence-corrected chi connectivity index (χ1v) is 4.93. The highest BCUT2D eigenvalue weighted by Crippen LogP contribution is 1.99. The molecule has 0 aliphatic rings. The fourth-order valence-corrected chi connectivity index (χ4v) is 0.605. The minimum absolute atomic E-state index is 0.0324. The molecule has 0 aromatic carbocycles. The molecular formula is C11H21NO3. The molecule has 88 valence electrons. The third-order valence-corrected chi connectivity index (χ3v) is 1.52. The molecule has 2 N–H and O–H groups in total. The van der Waals surface area contributed by atoms with E-state index in [-0.39, 0.29) is 24.2 Å². The molecule has 0 radical (unpaired) electrons. The molecule has 4 nitrogen and oxygen atoms in total. The Bertz CT molecular complexity index is 212. The predicted molar refractivity (Wildman–Crippen MR) is 60.3 cm³/mol. The smallest absolute Gasteiger partial charge is 0.312 e. The second-order valence-electron chi connectivity index (χ2n) is 3.05. The van der Waals surface area contributed by atoms with E-state index in [1.165, 1.54) is 14.0 Å². The van der Waals surface area contributed by atoms with E-state index >= 15 is 0 Å². The van der Waals surface area contributed by atoms with Crippen LogP contribution in [0, 0.1) is 5.92 Å². The Morgan fingerprint density at radius 2 is 1.93 bits per heavy atom. The highest BCUT2D eigenvalue weighted by Gasteiger charge is 2.06. The summed E-state index contributed by atoms with van der Waals surface area (Å²) >= 11 is 0. The van der Waals surface area contributed by atoms with Crippen LogP contribution in [0.2, 0.25) is 0 Å². The third kappa shape index (κ3) is 12.8. The van der Waals surface area contributed by atoms with Crippen molar-refractivity contribution in [3.63, 3.8) is 0 Å². The van der Waals surface area contributed by atoms with Crippen LogP contribution in [0.5, 0.6) is 0 Å². The molecule has 0 rings (SSSR count). The second-order valence-corrected chi connectivity index (χ2v) is 3.05. The average Bonchev–Trinajstić information content (AvgIpc) is 2.25. The lowest BCUT2D eigenvalue weighted by Crippen LogP contribution is -2.09. The summed E-state index contributed by atoms with van der Waals surface area (Å²) in [5, 5.41) is 0. The molecule has 0 heterocycles. The van der Waals surface area contributed by atoms with E-state index in [0.29, 0.717) is 0 Å². The first-order valence-electron chi connectivity index (χ1n) is 4.93. The monoisotopic (exact) mass is 215 g/mol. The quantitative estimate of drug-likeness (QED) is 0.567. The Balaban J connectivity index is 0. The molecule has 0 aliphatic heterocycles. The van der Waals surface area contributed by atoms with Crippen LogP contribution in [0.15, 0.2) is 12.2 Å². The standard InChI is InChI=1S/C8H14O2.C3H7NO/c1-4-5-6-7(2)8(9)10-3;1-3(5)2-4/h5-7H,4H2,1-3H3;2,4H2,1H3/b6-5-;. The first kappa shape index (κ1) is 16.3. The van der Waals surface area contributed by atoms with Gasteiger partial charge in [-0.25, -0.2) is 0 Å². The summed E-state index contributed by atoms with van der Waals surface area (Å²) in [7, 11) is 1.40. The van der Waals surface area contributed by atoms with Gasteiger partial charge in [0.1, 0.15) is 5.78 Å². The van der Waals surface area contributed by atoms with Gasteiger partial charge in [0.2, 0.25) is 0 Å². The number of allylic oxidation sites excluding steroid dienone is 1. The molecule has 1 unspecified atom stereocenters. The molecule has 1 atom stereocenters. The number of ether oxygens (including phenoxy) is 1. The Morgan fingerprint density at radius 1 is 1.47 bits per heavy atom. The lowest BCUT2D eigenvalue weighted by molar-refractivity contribution is -0.143. The number of esters is 1. The van der Waals surface area contributed by atoms with Gasteiger partial charge < -0.3 is 10.5 Å². The third-order valence-electron chi connectivity index (χ3n) is 1.52. The van der Waals surface area contributed by atoms with Gasteiger partial charge >= 0.3 is 5.97 Å². The van der Waals surface area contributed by atoms with Gasteiger partial charge in [-0.1, -0.05) is 19.1 Å². The summed E-state index contributed by atoms with van der Waals surface area (Å²) in [4.78, 5) is 20.4. The molecule has 15 heavy (non-hydrogen) atoms. The summed E-state index contributed by atoms with van der Waals surface area (Å²) < 4.78 is 4.52. The van der Waals surface area contributed by atoms with Crippen LogP contribution in [-0.2, 0) is 14.3 Å². The molecule has 0 aromatic rings. The van der Waals surface area contributed by atoms with Crippen molar-refractivity contribution >= 4 is 11.8 Å². The van der Waals surface area contributed by atoms with Gasteiger partial charge in [-0.2, -0.15) is 0 Å². The number of methoxy groups -OCH3 is 1. The van der Waals surface area contributed by atoms with Crippen molar-refractivity contribution in [2.24, 2.45) is 11.7 Å². The van der Waals surface area contributed by atoms with Gasteiger partial charge in [-0.3, -0.25) is 9.59 Å². The normalized spacial score (nSPS) is 11.5. The van der Waals surface area contributed by atoms with Gasteiger partial charge in [0.25, 0.3) is 0 Å². The zero-order chi connectivity index (χ0) is 12.3. The van der Waals surface area contributed by atoms with Crippen molar-refractivity contribution < 1.29 is 14.3 Å². The van der Waals surface area contributed by atoms with Crippen LogP contribution in [-0.4, -0.2) is 25.4 Å². The van der Waals surface area contributed by atoms with Gasteiger partial charge in [-0.15, -0.1) is 0 Å². The average molecular weight is 215 g/mol. The summed E-state index contributed by atoms with van der Waals surface area (Å²) in [6, 6.07) is 0. The minimum Gasteiger partial charge on any atom is -0.469 e. The Labute approximate surface area is 91.5 Å². The molecule has 4 heteroatoms. The maximum absolute atomic E-state index is 10.7. The maximum atomic E-state index is 10.7. The van der Waals surface area contributed by atoms with E-state index in [9.17, 15) is 9.59 Å². The number of carbonyl (C=O) groups is 2. The van der Waals surface area contributed by atoms with Crippen LogP contribution in [0.1, 0.15) is 27.2 Å². The lowest BCUT2D eigenvalue weighted by Gasteiger charge is -2.01. The molecule has 0 bridgehead atoms. The van der Waals surface area contributed by atoms with Crippen molar-refractivity contribution in [2.45, 2.75) is 27.2 Å². The van der Waals surface area contributed by atoms with E-state index < -0.39 is 0 Å². The van der Waals surface area contributed by atoms with E-state index in [0.717, 1.165) is 6.42 Å². The molecule has 0 fully saturated rings. The van der Waals surface area contributed by atoms with Gasteiger partial charge in [0.15, 0.2) is 0 Å². The summed E-state index contributed by atoms with van der Waals surface area (Å²) in [6.07, 6.45) is 4.77. The summed E-state index contributed by atoms with van der Waals surface area (Å²) in [5.41, 5.74) is 4.82.